The molecule has 0 aliphatic carbocycles. The zero-order chi connectivity index (χ0) is 20.4. The molecule has 0 heterocycles. The maximum Gasteiger partial charge on any atom is 0.328 e. The number of nitrogens with zero attached hydrogens (tertiary/aromatic N) is 1. The molecular formula is C19H29N3O5. The lowest BCUT2D eigenvalue weighted by Gasteiger charge is -2.21. The van der Waals surface area contributed by atoms with Crippen LogP contribution in [0.5, 0.6) is 5.75 Å². The Morgan fingerprint density at radius 3 is 2.15 bits per heavy atom. The van der Waals surface area contributed by atoms with E-state index in [9.17, 15) is 14.4 Å². The highest BCUT2D eigenvalue weighted by Gasteiger charge is 2.23. The summed E-state index contributed by atoms with van der Waals surface area (Å²) < 4.78 is 9.79. The number of likely N-dealkylation sites (N-methyl/N-ethyl adjacent to an activating group) is 1. The van der Waals surface area contributed by atoms with Gasteiger partial charge in [0.1, 0.15) is 11.8 Å². The fourth-order valence-corrected chi connectivity index (χ4v) is 2.49. The molecule has 0 saturated heterocycles. The number of methoxy groups -OCH3 is 2. The molecule has 0 saturated carbocycles. The number of amides is 2. The zero-order valence-corrected chi connectivity index (χ0v) is 16.6. The molecule has 0 aliphatic rings. The molecule has 0 aliphatic heterocycles. The van der Waals surface area contributed by atoms with Crippen molar-refractivity contribution < 1.29 is 23.9 Å². The SMILES string of the molecule is COC(=O)[C@H](CC(C)C)NC(=O)CN(C)CC(=O)Nc1ccc(OC)cc1. The van der Waals surface area contributed by atoms with E-state index in [0.717, 1.165) is 0 Å². The van der Waals surface area contributed by atoms with E-state index < -0.39 is 12.0 Å². The van der Waals surface area contributed by atoms with E-state index in [4.69, 9.17) is 9.47 Å². The van der Waals surface area contributed by atoms with Gasteiger partial charge in [0.15, 0.2) is 0 Å². The van der Waals surface area contributed by atoms with Crippen molar-refractivity contribution in [1.82, 2.24) is 10.2 Å². The normalized spacial score (nSPS) is 11.8. The van der Waals surface area contributed by atoms with Crippen molar-refractivity contribution in [2.75, 3.05) is 39.7 Å². The van der Waals surface area contributed by atoms with E-state index >= 15 is 0 Å². The van der Waals surface area contributed by atoms with Gasteiger partial charge in [-0.2, -0.15) is 0 Å². The summed E-state index contributed by atoms with van der Waals surface area (Å²) in [6, 6.07) is 6.26. The van der Waals surface area contributed by atoms with E-state index in [0.29, 0.717) is 17.9 Å². The molecule has 1 rings (SSSR count). The molecule has 0 unspecified atom stereocenters. The van der Waals surface area contributed by atoms with Crippen LogP contribution in [0.25, 0.3) is 0 Å². The number of hydrogen-bond acceptors (Lipinski definition) is 6. The molecule has 150 valence electrons. The summed E-state index contributed by atoms with van der Waals surface area (Å²) in [6.07, 6.45) is 0.486. The van der Waals surface area contributed by atoms with Crippen LogP contribution in [0.15, 0.2) is 24.3 Å². The first-order valence-corrected chi connectivity index (χ1v) is 8.74. The van der Waals surface area contributed by atoms with Crippen molar-refractivity contribution in [3.63, 3.8) is 0 Å². The smallest absolute Gasteiger partial charge is 0.328 e. The maximum absolute atomic E-state index is 12.2. The second-order valence-corrected chi connectivity index (χ2v) is 6.72. The van der Waals surface area contributed by atoms with Crippen molar-refractivity contribution in [3.8, 4) is 5.75 Å². The first-order chi connectivity index (χ1) is 12.7. The van der Waals surface area contributed by atoms with Crippen LogP contribution in [0, 0.1) is 5.92 Å². The van der Waals surface area contributed by atoms with Crippen molar-refractivity contribution >= 4 is 23.5 Å². The van der Waals surface area contributed by atoms with E-state index in [1.165, 1.54) is 7.11 Å². The van der Waals surface area contributed by atoms with Crippen molar-refractivity contribution in [2.24, 2.45) is 5.92 Å². The van der Waals surface area contributed by atoms with Crippen LogP contribution in [-0.2, 0) is 19.1 Å². The van der Waals surface area contributed by atoms with Crippen LogP contribution in [0.3, 0.4) is 0 Å². The summed E-state index contributed by atoms with van der Waals surface area (Å²) in [5.41, 5.74) is 0.640. The number of ether oxygens (including phenoxy) is 2. The predicted octanol–water partition coefficient (Wildman–Crippen LogP) is 1.27. The van der Waals surface area contributed by atoms with Crippen molar-refractivity contribution in [3.05, 3.63) is 24.3 Å². The number of esters is 1. The highest BCUT2D eigenvalue weighted by molar-refractivity contribution is 5.92. The summed E-state index contributed by atoms with van der Waals surface area (Å²) in [5, 5.41) is 5.41. The molecule has 2 N–H and O–H groups in total. The first-order valence-electron chi connectivity index (χ1n) is 8.74. The van der Waals surface area contributed by atoms with E-state index in [-0.39, 0.29) is 30.8 Å². The molecule has 27 heavy (non-hydrogen) atoms. The summed E-state index contributed by atoms with van der Waals surface area (Å²) >= 11 is 0. The second kappa shape index (κ2) is 11.2. The standard InChI is InChI=1S/C19H29N3O5/c1-13(2)10-16(19(25)27-5)21-18(24)12-22(3)11-17(23)20-14-6-8-15(26-4)9-7-14/h6-9,13,16H,10-12H2,1-5H3,(H,20,23)(H,21,24)/t16-/m0/s1. The van der Waals surface area contributed by atoms with Gasteiger partial charge in [-0.05, 0) is 43.7 Å². The molecule has 1 aromatic carbocycles. The minimum atomic E-state index is -0.691. The van der Waals surface area contributed by atoms with Gasteiger partial charge in [0.25, 0.3) is 0 Å². The van der Waals surface area contributed by atoms with Crippen LogP contribution in [-0.4, -0.2) is 63.1 Å². The predicted molar refractivity (Wildman–Crippen MR) is 103 cm³/mol. The van der Waals surface area contributed by atoms with Gasteiger partial charge in [0.2, 0.25) is 11.8 Å². The molecule has 0 fully saturated rings. The Bertz CT molecular complexity index is 631. The molecule has 0 bridgehead atoms. The van der Waals surface area contributed by atoms with Crippen molar-refractivity contribution in [1.29, 1.82) is 0 Å². The maximum atomic E-state index is 12.2. The minimum Gasteiger partial charge on any atom is -0.497 e. The van der Waals surface area contributed by atoms with E-state index in [2.05, 4.69) is 10.6 Å². The lowest BCUT2D eigenvalue weighted by Crippen LogP contribution is -2.46. The lowest BCUT2D eigenvalue weighted by atomic mass is 10.0. The number of benzene rings is 1. The monoisotopic (exact) mass is 379 g/mol. The largest absolute Gasteiger partial charge is 0.497 e. The van der Waals surface area contributed by atoms with Crippen molar-refractivity contribution in [2.45, 2.75) is 26.3 Å². The third-order valence-corrected chi connectivity index (χ3v) is 3.73. The van der Waals surface area contributed by atoms with Gasteiger partial charge in [-0.3, -0.25) is 14.5 Å². The van der Waals surface area contributed by atoms with Gasteiger partial charge in [0.05, 0.1) is 27.3 Å². The summed E-state index contributed by atoms with van der Waals surface area (Å²) in [6.45, 7) is 3.93. The number of nitrogens with one attached hydrogen (secondary N) is 2. The Morgan fingerprint density at radius 1 is 1.04 bits per heavy atom. The fourth-order valence-electron chi connectivity index (χ4n) is 2.49. The van der Waals surface area contributed by atoms with Gasteiger partial charge in [-0.15, -0.1) is 0 Å². The number of anilines is 1. The van der Waals surface area contributed by atoms with Crippen LogP contribution < -0.4 is 15.4 Å². The minimum absolute atomic E-state index is 0.0123. The highest BCUT2D eigenvalue weighted by atomic mass is 16.5. The molecule has 0 radical (unpaired) electrons. The number of carbonyl (C=O) groups excluding carboxylic acids is 3. The Balaban J connectivity index is 2.48. The Kier molecular flexibility index (Phi) is 9.29. The number of hydrogen-bond donors (Lipinski definition) is 2. The van der Waals surface area contributed by atoms with Crippen LogP contribution in [0.2, 0.25) is 0 Å². The third-order valence-electron chi connectivity index (χ3n) is 3.73. The molecule has 1 aromatic rings. The zero-order valence-electron chi connectivity index (χ0n) is 16.6. The average molecular weight is 379 g/mol. The molecule has 0 aromatic heterocycles. The Hall–Kier alpha value is -2.61. The van der Waals surface area contributed by atoms with Gasteiger partial charge < -0.3 is 20.1 Å². The lowest BCUT2D eigenvalue weighted by molar-refractivity contribution is -0.145. The molecule has 0 spiro atoms. The summed E-state index contributed by atoms with van der Waals surface area (Å²) in [7, 11) is 4.51. The average Bonchev–Trinajstić information content (AvgIpc) is 2.60. The van der Waals surface area contributed by atoms with Gasteiger partial charge in [0, 0.05) is 5.69 Å². The van der Waals surface area contributed by atoms with E-state index in [1.54, 1.807) is 43.3 Å². The van der Waals surface area contributed by atoms with Crippen LogP contribution in [0.4, 0.5) is 5.69 Å². The molecule has 2 amide bonds. The Labute approximate surface area is 160 Å². The van der Waals surface area contributed by atoms with Gasteiger partial charge in [-0.1, -0.05) is 13.8 Å². The van der Waals surface area contributed by atoms with Gasteiger partial charge in [-0.25, -0.2) is 4.79 Å². The fraction of sp³-hybridized carbons (Fsp3) is 0.526. The molecular weight excluding hydrogens is 350 g/mol. The topological polar surface area (TPSA) is 97.0 Å². The molecule has 1 atom stereocenters. The molecule has 8 nitrogen and oxygen atoms in total. The second-order valence-electron chi connectivity index (χ2n) is 6.72. The quantitative estimate of drug-likeness (QED) is 0.594. The third kappa shape index (κ3) is 8.54. The number of carbonyl (C=O) groups is 3. The first kappa shape index (κ1) is 22.4. The highest BCUT2D eigenvalue weighted by Crippen LogP contribution is 2.14. The van der Waals surface area contributed by atoms with Crippen LogP contribution in [0.1, 0.15) is 20.3 Å². The van der Waals surface area contributed by atoms with Crippen LogP contribution >= 0.6 is 0 Å². The molecule has 8 heteroatoms. The van der Waals surface area contributed by atoms with Gasteiger partial charge >= 0.3 is 5.97 Å². The summed E-state index contributed by atoms with van der Waals surface area (Å²) in [5.74, 6) is -0.143. The number of rotatable bonds is 10. The Morgan fingerprint density at radius 2 is 1.63 bits per heavy atom. The van der Waals surface area contributed by atoms with E-state index in [1.807, 2.05) is 13.8 Å². The summed E-state index contributed by atoms with van der Waals surface area (Å²) in [4.78, 5) is 37.6.